The molecule has 2 aliphatic heterocycles. The number of halogens is 1. The molecular weight excluding hydrogens is 533 g/mol. The molecule has 2 aliphatic rings. The minimum absolute atomic E-state index is 0.0897. The van der Waals surface area contributed by atoms with E-state index >= 15 is 0 Å². The number of hydrogen-bond acceptors (Lipinski definition) is 7. The first-order valence-corrected chi connectivity index (χ1v) is 14.7. The number of aromatic nitrogens is 1. The smallest absolute Gasteiger partial charge is 0.270 e. The van der Waals surface area contributed by atoms with E-state index in [9.17, 15) is 19.2 Å². The fourth-order valence-electron chi connectivity index (χ4n) is 5.13. The maximum Gasteiger partial charge on any atom is 0.270 e. The largest absolute Gasteiger partial charge is 0.368 e. The van der Waals surface area contributed by atoms with Gasteiger partial charge in [0.1, 0.15) is 27.6 Å². The molecule has 0 aliphatic carbocycles. The van der Waals surface area contributed by atoms with Gasteiger partial charge >= 0.3 is 0 Å². The van der Waals surface area contributed by atoms with Crippen LogP contribution in [-0.4, -0.2) is 52.4 Å². The Morgan fingerprint density at radius 1 is 1.05 bits per heavy atom. The zero-order valence-electron chi connectivity index (χ0n) is 22.7. The van der Waals surface area contributed by atoms with Gasteiger partial charge in [0.25, 0.3) is 11.5 Å². The van der Waals surface area contributed by atoms with Gasteiger partial charge in [0.05, 0.1) is 4.91 Å². The summed E-state index contributed by atoms with van der Waals surface area (Å²) < 4.78 is 15.6. The summed E-state index contributed by atoms with van der Waals surface area (Å²) in [6, 6.07) is 8.55. The van der Waals surface area contributed by atoms with E-state index in [1.165, 1.54) is 23.9 Å². The Labute approximate surface area is 238 Å². The maximum absolute atomic E-state index is 13.4. The molecule has 0 unspecified atom stereocenters. The molecule has 2 saturated heterocycles. The molecular formula is C29H34FN5O2S2. The Bertz CT molecular complexity index is 1370. The number of pyridine rings is 1. The summed E-state index contributed by atoms with van der Waals surface area (Å²) in [5.41, 5.74) is 1.98. The molecule has 1 aromatic heterocycles. The minimum Gasteiger partial charge on any atom is -0.368 e. The molecule has 0 N–H and O–H groups in total. The van der Waals surface area contributed by atoms with Crippen molar-refractivity contribution >= 4 is 51.8 Å². The number of rotatable bonds is 9. The van der Waals surface area contributed by atoms with Gasteiger partial charge in [-0.2, -0.15) is 5.26 Å². The second-order valence-corrected chi connectivity index (χ2v) is 11.4. The number of unbranched alkanes of at least 4 members (excludes halogenated alkanes) is 3. The highest BCUT2D eigenvalue weighted by molar-refractivity contribution is 8.26. The van der Waals surface area contributed by atoms with Crippen molar-refractivity contribution in [2.45, 2.75) is 53.0 Å². The number of nitrogens with zero attached hydrogens (tertiary/aromatic N) is 5. The predicted molar refractivity (Wildman–Crippen MR) is 161 cm³/mol. The fourth-order valence-corrected chi connectivity index (χ4v) is 6.42. The second kappa shape index (κ2) is 12.8. The number of carbonyl (C=O) groups is 1. The van der Waals surface area contributed by atoms with Crippen LogP contribution in [0.4, 0.5) is 15.9 Å². The van der Waals surface area contributed by atoms with E-state index in [-0.39, 0.29) is 22.8 Å². The molecule has 1 aromatic carbocycles. The zero-order chi connectivity index (χ0) is 28.1. The third kappa shape index (κ3) is 6.04. The number of anilines is 2. The first-order chi connectivity index (χ1) is 18.8. The van der Waals surface area contributed by atoms with Crippen molar-refractivity contribution in [3.63, 3.8) is 0 Å². The standard InChI is InChI=1S/C29H34FN5O2S2/c1-4-6-7-8-13-35-28(37)25(39-29(35)38)18-23-20(3)24(19-31)27(36)34(5-2)26(23)33-16-14-32(15-17-33)22-11-9-21(30)10-12-22/h9-12,18H,4-8,13-17H2,1-3H3/b25-18-. The topological polar surface area (TPSA) is 72.6 Å². The predicted octanol–water partition coefficient (Wildman–Crippen LogP) is 5.30. The lowest BCUT2D eigenvalue weighted by atomic mass is 10.0. The van der Waals surface area contributed by atoms with Crippen molar-refractivity contribution in [1.29, 1.82) is 5.26 Å². The Hall–Kier alpha value is -3.16. The first-order valence-electron chi connectivity index (χ1n) is 13.5. The molecule has 10 heteroatoms. The van der Waals surface area contributed by atoms with E-state index in [1.54, 1.807) is 28.5 Å². The Kier molecular flexibility index (Phi) is 9.46. The van der Waals surface area contributed by atoms with Crippen LogP contribution in [0.3, 0.4) is 0 Å². The van der Waals surface area contributed by atoms with E-state index in [0.717, 1.165) is 31.4 Å². The molecule has 3 heterocycles. The summed E-state index contributed by atoms with van der Waals surface area (Å²) in [5.74, 6) is 0.320. The number of piperazine rings is 1. The lowest BCUT2D eigenvalue weighted by Crippen LogP contribution is -2.48. The summed E-state index contributed by atoms with van der Waals surface area (Å²) in [6.07, 6.45) is 6.00. The normalized spacial score (nSPS) is 16.9. The van der Waals surface area contributed by atoms with Crippen molar-refractivity contribution in [1.82, 2.24) is 9.47 Å². The van der Waals surface area contributed by atoms with E-state index in [0.29, 0.717) is 65.4 Å². The highest BCUT2D eigenvalue weighted by Crippen LogP contribution is 2.36. The van der Waals surface area contributed by atoms with Crippen LogP contribution >= 0.6 is 24.0 Å². The molecule has 206 valence electrons. The summed E-state index contributed by atoms with van der Waals surface area (Å²) in [5, 5.41) is 9.83. The van der Waals surface area contributed by atoms with E-state index in [1.807, 2.05) is 13.0 Å². The Morgan fingerprint density at radius 2 is 1.72 bits per heavy atom. The van der Waals surface area contributed by atoms with Gasteiger partial charge in [0.15, 0.2) is 0 Å². The van der Waals surface area contributed by atoms with Crippen LogP contribution in [0.15, 0.2) is 34.0 Å². The van der Waals surface area contributed by atoms with Gasteiger partial charge in [0, 0.05) is 50.5 Å². The lowest BCUT2D eigenvalue weighted by molar-refractivity contribution is -0.122. The van der Waals surface area contributed by atoms with Crippen molar-refractivity contribution < 1.29 is 9.18 Å². The number of amides is 1. The molecule has 0 atom stereocenters. The number of thioether (sulfide) groups is 1. The average Bonchev–Trinajstić information content (AvgIpc) is 3.20. The van der Waals surface area contributed by atoms with Crippen molar-refractivity contribution in [3.8, 4) is 6.07 Å². The molecule has 0 bridgehead atoms. The van der Waals surface area contributed by atoms with Crippen LogP contribution in [0.25, 0.3) is 6.08 Å². The molecule has 0 saturated carbocycles. The van der Waals surface area contributed by atoms with Crippen LogP contribution in [-0.2, 0) is 11.3 Å². The first kappa shape index (κ1) is 28.8. The van der Waals surface area contributed by atoms with Gasteiger partial charge in [-0.25, -0.2) is 4.39 Å². The SMILES string of the molecule is CCCCCCN1C(=O)/C(=C/c2c(C)c(C#N)c(=O)n(CC)c2N2CCN(c3ccc(F)cc3)CC2)SC1=S. The summed E-state index contributed by atoms with van der Waals surface area (Å²) in [7, 11) is 0. The fraction of sp³-hybridized carbons (Fsp3) is 0.448. The number of hydrogen-bond donors (Lipinski definition) is 0. The Morgan fingerprint density at radius 3 is 2.33 bits per heavy atom. The lowest BCUT2D eigenvalue weighted by Gasteiger charge is -2.39. The van der Waals surface area contributed by atoms with Gasteiger partial charge in [0.2, 0.25) is 0 Å². The van der Waals surface area contributed by atoms with Crippen LogP contribution in [0.1, 0.15) is 56.2 Å². The third-order valence-electron chi connectivity index (χ3n) is 7.32. The van der Waals surface area contributed by atoms with Gasteiger partial charge in [-0.05, 0) is 56.2 Å². The molecule has 0 radical (unpaired) electrons. The van der Waals surface area contributed by atoms with Crippen LogP contribution in [0, 0.1) is 24.1 Å². The van der Waals surface area contributed by atoms with Gasteiger partial charge < -0.3 is 9.80 Å². The molecule has 4 rings (SSSR count). The Balaban J connectivity index is 1.68. The van der Waals surface area contributed by atoms with Gasteiger partial charge in [-0.15, -0.1) is 0 Å². The van der Waals surface area contributed by atoms with Crippen molar-refractivity contribution in [2.75, 3.05) is 42.5 Å². The van der Waals surface area contributed by atoms with Gasteiger partial charge in [-0.3, -0.25) is 19.1 Å². The number of nitriles is 1. The van der Waals surface area contributed by atoms with Crippen molar-refractivity contribution in [3.05, 3.63) is 62.0 Å². The summed E-state index contributed by atoms with van der Waals surface area (Å²) in [4.78, 5) is 33.2. The van der Waals surface area contributed by atoms with Crippen molar-refractivity contribution in [2.24, 2.45) is 0 Å². The molecule has 0 spiro atoms. The highest BCUT2D eigenvalue weighted by Gasteiger charge is 2.33. The number of thiocarbonyl (C=S) groups is 1. The zero-order valence-corrected chi connectivity index (χ0v) is 24.3. The molecule has 39 heavy (non-hydrogen) atoms. The van der Waals surface area contributed by atoms with Crippen LogP contribution < -0.4 is 15.4 Å². The molecule has 1 amide bonds. The van der Waals surface area contributed by atoms with Crippen LogP contribution in [0.5, 0.6) is 0 Å². The number of benzene rings is 1. The van der Waals surface area contributed by atoms with E-state index in [2.05, 4.69) is 22.8 Å². The highest BCUT2D eigenvalue weighted by atomic mass is 32.2. The number of carbonyl (C=O) groups excluding carboxylic acids is 1. The third-order valence-corrected chi connectivity index (χ3v) is 8.70. The van der Waals surface area contributed by atoms with Crippen LogP contribution in [0.2, 0.25) is 0 Å². The molecule has 7 nitrogen and oxygen atoms in total. The molecule has 2 aromatic rings. The summed E-state index contributed by atoms with van der Waals surface area (Å²) >= 11 is 6.82. The summed E-state index contributed by atoms with van der Waals surface area (Å²) in [6.45, 7) is 9.41. The van der Waals surface area contributed by atoms with E-state index in [4.69, 9.17) is 12.2 Å². The minimum atomic E-state index is -0.325. The van der Waals surface area contributed by atoms with E-state index < -0.39 is 0 Å². The molecule has 2 fully saturated rings. The second-order valence-electron chi connectivity index (χ2n) is 9.74. The average molecular weight is 568 g/mol. The maximum atomic E-state index is 13.4. The quantitative estimate of drug-likeness (QED) is 0.231. The van der Waals surface area contributed by atoms with Gasteiger partial charge in [-0.1, -0.05) is 50.2 Å². The monoisotopic (exact) mass is 567 g/mol.